The van der Waals surface area contributed by atoms with Crippen molar-refractivity contribution in [2.75, 3.05) is 14.3 Å². The average molecular weight is 259 g/mol. The Balaban J connectivity index is -0.000000328. The van der Waals surface area contributed by atoms with Gasteiger partial charge in [-0.2, -0.15) is 0 Å². The smallest absolute Gasteiger partial charge is 0.207 e. The molecule has 0 atom stereocenters. The maximum absolute atomic E-state index is 9.97. The summed E-state index contributed by atoms with van der Waals surface area (Å²) < 4.78 is 14.5. The third kappa shape index (κ3) is 12.5. The summed E-state index contributed by atoms with van der Waals surface area (Å²) in [6.45, 7) is 8.56. The first-order valence-corrected chi connectivity index (χ1v) is 6.04. The van der Waals surface area contributed by atoms with E-state index in [1.165, 1.54) is 0 Å². The monoisotopic (exact) mass is 259 g/mol. The van der Waals surface area contributed by atoms with Gasteiger partial charge in [0.1, 0.15) is 5.75 Å². The molecule has 18 heavy (non-hydrogen) atoms. The van der Waals surface area contributed by atoms with Crippen LogP contribution in [0.5, 0.6) is 5.75 Å². The third-order valence-corrected chi connectivity index (χ3v) is 1.55. The topological polar surface area (TPSA) is 38.3 Å². The summed E-state index contributed by atoms with van der Waals surface area (Å²) in [4.78, 5) is 9.97. The molecule has 0 aromatic heterocycles. The first kappa shape index (κ1) is 21.7. The van der Waals surface area contributed by atoms with Crippen LogP contribution in [-0.4, -0.2) is 20.7 Å². The maximum Gasteiger partial charge on any atom is 0.207 e. The Hall–Kier alpha value is -1.58. The number of amides is 1. The zero-order valence-corrected chi connectivity index (χ0v) is 12.3. The van der Waals surface area contributed by atoms with Crippen molar-refractivity contribution in [1.82, 2.24) is 5.32 Å². The van der Waals surface area contributed by atoms with E-state index in [1.54, 1.807) is 7.11 Å². The highest BCUT2D eigenvalue weighted by Crippen LogP contribution is 2.10. The van der Waals surface area contributed by atoms with Gasteiger partial charge in [-0.15, -0.1) is 0 Å². The molecule has 1 aromatic carbocycles. The predicted octanol–water partition coefficient (Wildman–Crippen LogP) is 3.58. The van der Waals surface area contributed by atoms with Crippen LogP contribution in [0.15, 0.2) is 24.3 Å². The van der Waals surface area contributed by atoms with Crippen LogP contribution in [0.25, 0.3) is 0 Å². The van der Waals surface area contributed by atoms with Gasteiger partial charge in [-0.05, 0) is 17.7 Å². The lowest BCUT2D eigenvalue weighted by Gasteiger charge is -2.01. The summed E-state index contributed by atoms with van der Waals surface area (Å²) in [6, 6.07) is 7.55. The minimum Gasteiger partial charge on any atom is -0.497 e. The Kier molecular flexibility index (Phi) is 25.0. The highest BCUT2D eigenvalue weighted by Gasteiger charge is 1.91. The van der Waals surface area contributed by atoms with E-state index in [0.717, 1.165) is 11.3 Å². The second-order valence-corrected chi connectivity index (χ2v) is 2.35. The molecule has 1 amide bonds. The number of nitrogens with one attached hydrogen (secondary N) is 1. The molecule has 0 saturated carbocycles. The van der Waals surface area contributed by atoms with E-state index in [0.29, 0.717) is 20.1 Å². The number of ether oxygens (including phenoxy) is 1. The largest absolute Gasteiger partial charge is 0.497 e. The molecule has 106 valence electrons. The SMILES string of the molecule is CC.CC.CF.COc1ccc(CNC=O)cc1. The molecule has 0 spiro atoms. The summed E-state index contributed by atoms with van der Waals surface area (Å²) >= 11 is 0. The van der Waals surface area contributed by atoms with E-state index >= 15 is 0 Å². The summed E-state index contributed by atoms with van der Waals surface area (Å²) in [6.07, 6.45) is 0.685. The molecule has 0 bridgehead atoms. The van der Waals surface area contributed by atoms with E-state index in [2.05, 4.69) is 5.32 Å². The summed E-state index contributed by atoms with van der Waals surface area (Å²) in [5.41, 5.74) is 1.06. The van der Waals surface area contributed by atoms with Crippen LogP contribution in [0, 0.1) is 0 Å². The summed E-state index contributed by atoms with van der Waals surface area (Å²) in [5, 5.41) is 2.58. The lowest BCUT2D eigenvalue weighted by atomic mass is 10.2. The first-order chi connectivity index (χ1) is 8.86. The number of carbonyl (C=O) groups excluding carboxylic acids is 1. The number of rotatable bonds is 4. The van der Waals surface area contributed by atoms with Crippen molar-refractivity contribution in [3.05, 3.63) is 29.8 Å². The molecule has 1 N–H and O–H groups in total. The second kappa shape index (κ2) is 20.8. The van der Waals surface area contributed by atoms with Crippen LogP contribution >= 0.6 is 0 Å². The summed E-state index contributed by atoms with van der Waals surface area (Å²) in [5.74, 6) is 0.824. The fraction of sp³-hybridized carbons (Fsp3) is 0.500. The van der Waals surface area contributed by atoms with Gasteiger partial charge in [0, 0.05) is 6.54 Å². The maximum atomic E-state index is 9.97. The minimum absolute atomic E-state index is 0.500. The van der Waals surface area contributed by atoms with Gasteiger partial charge >= 0.3 is 0 Å². The molecule has 0 fully saturated rings. The summed E-state index contributed by atoms with van der Waals surface area (Å²) in [7, 11) is 2.12. The van der Waals surface area contributed by atoms with Gasteiger partial charge in [0.05, 0.1) is 14.3 Å². The molecular weight excluding hydrogens is 233 g/mol. The van der Waals surface area contributed by atoms with Crippen molar-refractivity contribution in [3.8, 4) is 5.75 Å². The predicted molar refractivity (Wildman–Crippen MR) is 75.6 cm³/mol. The average Bonchev–Trinajstić information content (AvgIpc) is 2.51. The normalized spacial score (nSPS) is 7.06. The standard InChI is InChI=1S/C9H11NO2.2C2H6.CH3F/c1-12-9-4-2-8(3-5-9)6-10-7-11;3*1-2/h2-5,7H,6H2,1H3,(H,10,11);2*1-2H3;1H3. The quantitative estimate of drug-likeness (QED) is 0.839. The van der Waals surface area contributed by atoms with Crippen molar-refractivity contribution in [1.29, 1.82) is 0 Å². The van der Waals surface area contributed by atoms with Crippen LogP contribution < -0.4 is 10.1 Å². The van der Waals surface area contributed by atoms with Crippen molar-refractivity contribution in [3.63, 3.8) is 0 Å². The number of hydrogen-bond donors (Lipinski definition) is 1. The molecule has 1 aromatic rings. The Labute approximate surface area is 110 Å². The zero-order valence-electron chi connectivity index (χ0n) is 12.3. The number of benzene rings is 1. The lowest BCUT2D eigenvalue weighted by molar-refractivity contribution is -0.109. The zero-order chi connectivity index (χ0) is 14.8. The number of halogens is 1. The van der Waals surface area contributed by atoms with Gasteiger partial charge in [0.15, 0.2) is 0 Å². The Morgan fingerprint density at radius 1 is 1.11 bits per heavy atom. The minimum atomic E-state index is 0.500. The number of carbonyl (C=O) groups is 1. The Morgan fingerprint density at radius 3 is 1.89 bits per heavy atom. The van der Waals surface area contributed by atoms with Gasteiger partial charge in [-0.3, -0.25) is 9.18 Å². The fourth-order valence-corrected chi connectivity index (χ4v) is 0.903. The van der Waals surface area contributed by atoms with Crippen LogP contribution in [-0.2, 0) is 11.3 Å². The third-order valence-electron chi connectivity index (χ3n) is 1.55. The van der Waals surface area contributed by atoms with E-state index in [1.807, 2.05) is 52.0 Å². The highest BCUT2D eigenvalue weighted by molar-refractivity contribution is 5.46. The van der Waals surface area contributed by atoms with Crippen molar-refractivity contribution >= 4 is 6.41 Å². The molecule has 4 heteroatoms. The molecule has 0 aliphatic carbocycles. The molecule has 0 saturated heterocycles. The van der Waals surface area contributed by atoms with Gasteiger partial charge in [-0.25, -0.2) is 0 Å². The van der Waals surface area contributed by atoms with Gasteiger partial charge in [0.2, 0.25) is 6.41 Å². The van der Waals surface area contributed by atoms with E-state index in [4.69, 9.17) is 4.74 Å². The lowest BCUT2D eigenvalue weighted by Crippen LogP contribution is -2.09. The number of alkyl halides is 1. The molecular formula is C14H26FNO2. The van der Waals surface area contributed by atoms with Crippen LogP contribution in [0.3, 0.4) is 0 Å². The van der Waals surface area contributed by atoms with Gasteiger partial charge < -0.3 is 10.1 Å². The second-order valence-electron chi connectivity index (χ2n) is 2.35. The van der Waals surface area contributed by atoms with E-state index < -0.39 is 0 Å². The number of hydrogen-bond acceptors (Lipinski definition) is 2. The van der Waals surface area contributed by atoms with Gasteiger partial charge in [-0.1, -0.05) is 39.8 Å². The fourth-order valence-electron chi connectivity index (χ4n) is 0.903. The van der Waals surface area contributed by atoms with E-state index in [9.17, 15) is 9.18 Å². The molecule has 1 rings (SSSR count). The molecule has 0 unspecified atom stereocenters. The molecule has 3 nitrogen and oxygen atoms in total. The van der Waals surface area contributed by atoms with Crippen LogP contribution in [0.1, 0.15) is 33.3 Å². The number of methoxy groups -OCH3 is 1. The van der Waals surface area contributed by atoms with Crippen LogP contribution in [0.4, 0.5) is 4.39 Å². The highest BCUT2D eigenvalue weighted by atomic mass is 19.1. The van der Waals surface area contributed by atoms with Gasteiger partial charge in [0.25, 0.3) is 0 Å². The molecule has 0 aliphatic rings. The van der Waals surface area contributed by atoms with Crippen molar-refractivity contribution < 1.29 is 13.9 Å². The van der Waals surface area contributed by atoms with Crippen molar-refractivity contribution in [2.45, 2.75) is 34.2 Å². The van der Waals surface area contributed by atoms with Crippen LogP contribution in [0.2, 0.25) is 0 Å². The van der Waals surface area contributed by atoms with Crippen molar-refractivity contribution in [2.24, 2.45) is 0 Å². The molecule has 0 aliphatic heterocycles. The van der Waals surface area contributed by atoms with E-state index in [-0.39, 0.29) is 0 Å². The molecule has 0 radical (unpaired) electrons. The first-order valence-electron chi connectivity index (χ1n) is 6.04. The Bertz CT molecular complexity index is 250. The Morgan fingerprint density at radius 2 is 1.56 bits per heavy atom. The molecule has 0 heterocycles.